The quantitative estimate of drug-likeness (QED) is 0.724. The molecule has 1 aliphatic heterocycles. The summed E-state index contributed by atoms with van der Waals surface area (Å²) in [5, 5.41) is 13.3. The Kier molecular flexibility index (Phi) is 7.01. The molecular weight excluding hydrogens is 414 g/mol. The summed E-state index contributed by atoms with van der Waals surface area (Å²) in [6.07, 6.45) is 0.0279. The van der Waals surface area contributed by atoms with E-state index in [-0.39, 0.29) is 5.91 Å². The Labute approximate surface area is 187 Å². The Bertz CT molecular complexity index is 918. The van der Waals surface area contributed by atoms with Crippen molar-refractivity contribution in [2.75, 3.05) is 6.54 Å². The summed E-state index contributed by atoms with van der Waals surface area (Å²) in [5.41, 5.74) is 4.01. The third-order valence-corrected chi connectivity index (χ3v) is 6.22. The molecule has 3 atom stereocenters. The van der Waals surface area contributed by atoms with Crippen LogP contribution in [0.25, 0.3) is 10.4 Å². The average molecular weight is 446 g/mol. The minimum absolute atomic E-state index is 0.281. The smallest absolute Gasteiger partial charge is 0.410 e. The van der Waals surface area contributed by atoms with Crippen molar-refractivity contribution in [2.45, 2.75) is 71.2 Å². The lowest BCUT2D eigenvalue weighted by Crippen LogP contribution is -2.49. The highest BCUT2D eigenvalue weighted by molar-refractivity contribution is 7.13. The summed E-state index contributed by atoms with van der Waals surface area (Å²) in [6.45, 7) is 9.50. The highest BCUT2D eigenvalue weighted by Gasteiger charge is 2.37. The first-order valence-corrected chi connectivity index (χ1v) is 11.4. The molecule has 8 heteroatoms. The van der Waals surface area contributed by atoms with E-state index in [9.17, 15) is 14.7 Å². The molecule has 0 aliphatic carbocycles. The number of benzene rings is 1. The maximum Gasteiger partial charge on any atom is 0.410 e. The zero-order valence-corrected chi connectivity index (χ0v) is 19.5. The molecule has 7 nitrogen and oxygen atoms in total. The second kappa shape index (κ2) is 9.36. The number of rotatable bonds is 5. The lowest BCUT2D eigenvalue weighted by molar-refractivity contribution is -0.127. The number of nitrogens with zero attached hydrogens (tertiary/aromatic N) is 2. The maximum absolute atomic E-state index is 13.0. The van der Waals surface area contributed by atoms with Crippen molar-refractivity contribution < 1.29 is 19.4 Å². The second-order valence-corrected chi connectivity index (χ2v) is 9.80. The van der Waals surface area contributed by atoms with Gasteiger partial charge in [0.15, 0.2) is 0 Å². The van der Waals surface area contributed by atoms with Gasteiger partial charge in [-0.1, -0.05) is 24.3 Å². The number of ether oxygens (including phenoxy) is 1. The SMILES string of the molecule is Cc1ncsc1-c1ccc(C(NC(=O)C2CCCN2C(=O)OC(C)(C)C)C(C)O)cc1. The highest BCUT2D eigenvalue weighted by Crippen LogP contribution is 2.29. The number of aryl methyl sites for hydroxylation is 1. The van der Waals surface area contributed by atoms with Crippen LogP contribution >= 0.6 is 11.3 Å². The first-order chi connectivity index (χ1) is 14.6. The molecule has 168 valence electrons. The first kappa shape index (κ1) is 23.2. The van der Waals surface area contributed by atoms with Crippen LogP contribution in [-0.2, 0) is 9.53 Å². The molecule has 2 N–H and O–H groups in total. The molecule has 3 unspecified atom stereocenters. The van der Waals surface area contributed by atoms with Gasteiger partial charge >= 0.3 is 6.09 Å². The molecule has 1 aromatic carbocycles. The van der Waals surface area contributed by atoms with Gasteiger partial charge in [0.1, 0.15) is 11.6 Å². The van der Waals surface area contributed by atoms with E-state index in [0.717, 1.165) is 28.1 Å². The van der Waals surface area contributed by atoms with E-state index >= 15 is 0 Å². The summed E-state index contributed by atoms with van der Waals surface area (Å²) in [7, 11) is 0. The minimum Gasteiger partial charge on any atom is -0.444 e. The van der Waals surface area contributed by atoms with Crippen LogP contribution in [0.4, 0.5) is 4.79 Å². The molecule has 2 amide bonds. The molecule has 1 fully saturated rings. The Hall–Kier alpha value is -2.45. The molecule has 1 aromatic heterocycles. The summed E-state index contributed by atoms with van der Waals surface area (Å²) >= 11 is 1.58. The lowest BCUT2D eigenvalue weighted by atomic mass is 9.99. The Morgan fingerprint density at radius 3 is 2.52 bits per heavy atom. The number of carbonyl (C=O) groups is 2. The fourth-order valence-corrected chi connectivity index (χ4v) is 4.54. The standard InChI is InChI=1S/C23H31N3O4S/c1-14-20(31-13-24-14)17-10-8-16(9-11-17)19(15(2)27)25-21(28)18-7-6-12-26(18)22(29)30-23(3,4)5/h8-11,13,15,18-19,27H,6-7,12H2,1-5H3,(H,25,28). The van der Waals surface area contributed by atoms with Gasteiger partial charge in [0.25, 0.3) is 0 Å². The van der Waals surface area contributed by atoms with Crippen LogP contribution < -0.4 is 5.32 Å². The number of aromatic nitrogens is 1. The maximum atomic E-state index is 13.0. The van der Waals surface area contributed by atoms with E-state index in [1.807, 2.05) is 36.7 Å². The number of hydrogen-bond acceptors (Lipinski definition) is 6. The largest absolute Gasteiger partial charge is 0.444 e. The van der Waals surface area contributed by atoms with Crippen LogP contribution in [0.1, 0.15) is 57.8 Å². The average Bonchev–Trinajstić information content (AvgIpc) is 3.34. The van der Waals surface area contributed by atoms with Crippen LogP contribution in [0.5, 0.6) is 0 Å². The van der Waals surface area contributed by atoms with E-state index < -0.39 is 29.9 Å². The van der Waals surface area contributed by atoms with Gasteiger partial charge in [-0.3, -0.25) is 9.69 Å². The van der Waals surface area contributed by atoms with Crippen LogP contribution in [0, 0.1) is 6.92 Å². The number of aliphatic hydroxyl groups is 1. The fourth-order valence-electron chi connectivity index (χ4n) is 3.73. The van der Waals surface area contributed by atoms with Crippen LogP contribution in [0.3, 0.4) is 0 Å². The molecule has 1 aliphatic rings. The summed E-state index contributed by atoms with van der Waals surface area (Å²) in [6, 6.07) is 6.58. The lowest BCUT2D eigenvalue weighted by Gasteiger charge is -2.30. The molecule has 0 bridgehead atoms. The van der Waals surface area contributed by atoms with E-state index in [1.54, 1.807) is 39.0 Å². The topological polar surface area (TPSA) is 91.8 Å². The highest BCUT2D eigenvalue weighted by atomic mass is 32.1. The van der Waals surface area contributed by atoms with Gasteiger partial charge in [-0.05, 0) is 58.6 Å². The number of carbonyl (C=O) groups excluding carboxylic acids is 2. The van der Waals surface area contributed by atoms with Gasteiger partial charge in [0.05, 0.1) is 28.2 Å². The van der Waals surface area contributed by atoms with Crippen molar-refractivity contribution >= 4 is 23.3 Å². The number of aliphatic hydroxyl groups excluding tert-OH is 1. The first-order valence-electron chi connectivity index (χ1n) is 10.6. The molecule has 0 spiro atoms. The van der Waals surface area contributed by atoms with Crippen molar-refractivity contribution in [3.05, 3.63) is 41.0 Å². The van der Waals surface area contributed by atoms with Crippen molar-refractivity contribution in [3.8, 4) is 10.4 Å². The molecule has 31 heavy (non-hydrogen) atoms. The second-order valence-electron chi connectivity index (χ2n) is 8.95. The van der Waals surface area contributed by atoms with E-state index in [0.29, 0.717) is 13.0 Å². The third kappa shape index (κ3) is 5.62. The van der Waals surface area contributed by atoms with Crippen LogP contribution in [-0.4, -0.2) is 51.3 Å². The van der Waals surface area contributed by atoms with Crippen molar-refractivity contribution in [1.82, 2.24) is 15.2 Å². The normalized spacial score (nSPS) is 18.5. The molecule has 1 saturated heterocycles. The predicted octanol–water partition coefficient (Wildman–Crippen LogP) is 4.06. The molecule has 0 radical (unpaired) electrons. The van der Waals surface area contributed by atoms with Crippen LogP contribution in [0.2, 0.25) is 0 Å². The van der Waals surface area contributed by atoms with Crippen molar-refractivity contribution in [2.24, 2.45) is 0 Å². The molecular formula is C23H31N3O4S. The van der Waals surface area contributed by atoms with E-state index in [1.165, 1.54) is 4.90 Å². The number of amides is 2. The van der Waals surface area contributed by atoms with E-state index in [4.69, 9.17) is 4.74 Å². The zero-order valence-electron chi connectivity index (χ0n) is 18.7. The Morgan fingerprint density at radius 1 is 1.29 bits per heavy atom. The Balaban J connectivity index is 1.73. The van der Waals surface area contributed by atoms with Crippen molar-refractivity contribution in [3.63, 3.8) is 0 Å². The number of nitrogens with one attached hydrogen (secondary N) is 1. The van der Waals surface area contributed by atoms with Gasteiger partial charge in [0, 0.05) is 6.54 Å². The number of likely N-dealkylation sites (tertiary alicyclic amines) is 1. The predicted molar refractivity (Wildman–Crippen MR) is 121 cm³/mol. The van der Waals surface area contributed by atoms with Crippen LogP contribution in [0.15, 0.2) is 29.8 Å². The van der Waals surface area contributed by atoms with E-state index in [2.05, 4.69) is 10.3 Å². The summed E-state index contributed by atoms with van der Waals surface area (Å²) < 4.78 is 5.45. The summed E-state index contributed by atoms with van der Waals surface area (Å²) in [4.78, 5) is 32.4. The van der Waals surface area contributed by atoms with Gasteiger partial charge in [-0.25, -0.2) is 9.78 Å². The van der Waals surface area contributed by atoms with Gasteiger partial charge < -0.3 is 15.2 Å². The molecule has 2 aromatic rings. The van der Waals surface area contributed by atoms with Crippen molar-refractivity contribution in [1.29, 1.82) is 0 Å². The summed E-state index contributed by atoms with van der Waals surface area (Å²) in [5.74, 6) is -0.281. The molecule has 0 saturated carbocycles. The third-order valence-electron chi connectivity index (χ3n) is 5.24. The minimum atomic E-state index is -0.795. The van der Waals surface area contributed by atoms with Gasteiger partial charge in [-0.15, -0.1) is 11.3 Å². The zero-order chi connectivity index (χ0) is 22.8. The van der Waals surface area contributed by atoms with Gasteiger partial charge in [0.2, 0.25) is 5.91 Å². The Morgan fingerprint density at radius 2 is 1.97 bits per heavy atom. The number of hydrogen-bond donors (Lipinski definition) is 2. The molecule has 2 heterocycles. The monoisotopic (exact) mass is 445 g/mol. The molecule has 3 rings (SSSR count). The fraction of sp³-hybridized carbons (Fsp3) is 0.522. The number of thiazole rings is 1. The van der Waals surface area contributed by atoms with Gasteiger partial charge in [-0.2, -0.15) is 0 Å².